The molecule has 2 atom stereocenters. The fourth-order valence-corrected chi connectivity index (χ4v) is 4.17. The SMILES string of the molecule is CO/N=C(\C(=O)NC1C(=O)N2C(C(=O)[O-])=CCS[C@@H]12)c1csc(N)n1.[Na+]. The van der Waals surface area contributed by atoms with Crippen LogP contribution in [0.25, 0.3) is 0 Å². The molecule has 13 heteroatoms. The first kappa shape index (κ1) is 20.7. The Bertz CT molecular complexity index is 811. The molecule has 0 aromatic carbocycles. The number of β-lactam (4-membered cyclic amide) rings is 1. The molecule has 3 N–H and O–H groups in total. The van der Waals surface area contributed by atoms with Gasteiger partial charge in [-0.15, -0.1) is 23.1 Å². The molecule has 0 bridgehead atoms. The van der Waals surface area contributed by atoms with Crippen molar-refractivity contribution in [3.05, 3.63) is 22.8 Å². The third-order valence-corrected chi connectivity index (χ3v) is 5.36. The van der Waals surface area contributed by atoms with Crippen molar-refractivity contribution in [2.75, 3.05) is 18.6 Å². The number of carbonyl (C=O) groups is 3. The van der Waals surface area contributed by atoms with Gasteiger partial charge in [-0.3, -0.25) is 14.5 Å². The van der Waals surface area contributed by atoms with Gasteiger partial charge in [-0.2, -0.15) is 0 Å². The van der Waals surface area contributed by atoms with E-state index in [2.05, 4.69) is 20.3 Å². The van der Waals surface area contributed by atoms with E-state index in [0.717, 1.165) is 16.2 Å². The number of rotatable bonds is 5. The molecular formula is C13H12N5NaO5S2. The molecule has 26 heavy (non-hydrogen) atoms. The summed E-state index contributed by atoms with van der Waals surface area (Å²) in [5.41, 5.74) is 5.46. The predicted octanol–water partition coefficient (Wildman–Crippen LogP) is -4.89. The molecule has 2 amide bonds. The third kappa shape index (κ3) is 3.74. The van der Waals surface area contributed by atoms with Gasteiger partial charge in [0.1, 0.15) is 24.2 Å². The molecule has 3 rings (SSSR count). The fraction of sp³-hybridized carbons (Fsp3) is 0.308. The summed E-state index contributed by atoms with van der Waals surface area (Å²) >= 11 is 2.46. The molecule has 2 aliphatic heterocycles. The van der Waals surface area contributed by atoms with Gasteiger partial charge in [0.05, 0.1) is 11.7 Å². The molecule has 0 spiro atoms. The molecular weight excluding hydrogens is 393 g/mol. The Morgan fingerprint density at radius 3 is 2.85 bits per heavy atom. The number of carboxylic acids is 1. The van der Waals surface area contributed by atoms with Gasteiger partial charge in [-0.05, 0) is 6.08 Å². The summed E-state index contributed by atoms with van der Waals surface area (Å²) in [5, 5.41) is 18.5. The number of fused-ring (bicyclic) bond motifs is 1. The van der Waals surface area contributed by atoms with Gasteiger partial charge in [0, 0.05) is 11.1 Å². The monoisotopic (exact) mass is 405 g/mol. The number of nitrogens with zero attached hydrogens (tertiary/aromatic N) is 3. The first-order valence-corrected chi connectivity index (χ1v) is 8.86. The molecule has 3 heterocycles. The van der Waals surface area contributed by atoms with Crippen molar-refractivity contribution in [1.29, 1.82) is 0 Å². The van der Waals surface area contributed by atoms with Gasteiger partial charge in [-0.1, -0.05) is 5.16 Å². The molecule has 1 aromatic rings. The Morgan fingerprint density at radius 1 is 1.54 bits per heavy atom. The van der Waals surface area contributed by atoms with Crippen LogP contribution in [0.4, 0.5) is 5.13 Å². The fourth-order valence-electron chi connectivity index (χ4n) is 2.43. The maximum Gasteiger partial charge on any atom is 1.00 e. The van der Waals surface area contributed by atoms with Crippen molar-refractivity contribution in [2.45, 2.75) is 11.4 Å². The number of nitrogens with one attached hydrogen (secondary N) is 1. The Morgan fingerprint density at radius 2 is 2.27 bits per heavy atom. The number of hydrogen-bond acceptors (Lipinski definition) is 10. The van der Waals surface area contributed by atoms with E-state index >= 15 is 0 Å². The zero-order valence-corrected chi connectivity index (χ0v) is 17.4. The zero-order valence-electron chi connectivity index (χ0n) is 13.8. The van der Waals surface area contributed by atoms with Gasteiger partial charge < -0.3 is 25.8 Å². The van der Waals surface area contributed by atoms with E-state index in [1.807, 2.05) is 0 Å². The Hall–Kier alpha value is -1.60. The smallest absolute Gasteiger partial charge is 0.543 e. The summed E-state index contributed by atoms with van der Waals surface area (Å²) in [6, 6.07) is -0.876. The van der Waals surface area contributed by atoms with Gasteiger partial charge in [-0.25, -0.2) is 4.98 Å². The van der Waals surface area contributed by atoms with Crippen LogP contribution in [0, 0.1) is 0 Å². The number of aliphatic carboxylic acids is 1. The maximum atomic E-state index is 12.5. The van der Waals surface area contributed by atoms with Crippen LogP contribution in [0.3, 0.4) is 0 Å². The zero-order chi connectivity index (χ0) is 18.1. The second-order valence-corrected chi connectivity index (χ2v) is 6.99. The van der Waals surface area contributed by atoms with E-state index in [0.29, 0.717) is 5.75 Å². The number of carbonyl (C=O) groups excluding carboxylic acids is 3. The van der Waals surface area contributed by atoms with Crippen LogP contribution in [0.2, 0.25) is 0 Å². The van der Waals surface area contributed by atoms with Crippen LogP contribution in [0.1, 0.15) is 5.69 Å². The van der Waals surface area contributed by atoms with E-state index in [-0.39, 0.29) is 51.8 Å². The average Bonchev–Trinajstić information content (AvgIpc) is 3.02. The molecule has 2 aliphatic rings. The number of nitrogen functional groups attached to an aromatic ring is 1. The number of carboxylic acid groups (broad SMARTS) is 1. The number of thioether (sulfide) groups is 1. The normalized spacial score (nSPS) is 21.7. The molecule has 1 fully saturated rings. The molecule has 1 saturated heterocycles. The molecule has 0 radical (unpaired) electrons. The van der Waals surface area contributed by atoms with Crippen LogP contribution in [0.5, 0.6) is 0 Å². The molecule has 0 saturated carbocycles. The molecule has 10 nitrogen and oxygen atoms in total. The Kier molecular flexibility index (Phi) is 6.69. The Labute approximate surface area is 178 Å². The molecule has 1 unspecified atom stereocenters. The third-order valence-electron chi connectivity index (χ3n) is 3.50. The van der Waals surface area contributed by atoms with Crippen molar-refractivity contribution >= 4 is 51.7 Å². The second kappa shape index (κ2) is 8.39. The van der Waals surface area contributed by atoms with E-state index in [4.69, 9.17) is 5.73 Å². The van der Waals surface area contributed by atoms with E-state index < -0.39 is 29.2 Å². The van der Waals surface area contributed by atoms with Crippen LogP contribution in [-0.4, -0.2) is 57.7 Å². The first-order valence-electron chi connectivity index (χ1n) is 6.93. The van der Waals surface area contributed by atoms with Gasteiger partial charge in [0.15, 0.2) is 10.8 Å². The number of aromatic nitrogens is 1. The summed E-state index contributed by atoms with van der Waals surface area (Å²) in [6.45, 7) is 0. The minimum Gasteiger partial charge on any atom is -0.543 e. The summed E-state index contributed by atoms with van der Waals surface area (Å²) in [5.74, 6) is -2.24. The maximum absolute atomic E-state index is 12.5. The second-order valence-electron chi connectivity index (χ2n) is 4.95. The van der Waals surface area contributed by atoms with Crippen LogP contribution in [0.15, 0.2) is 22.3 Å². The predicted molar refractivity (Wildman–Crippen MR) is 88.2 cm³/mol. The minimum absolute atomic E-state index is 0. The quantitative estimate of drug-likeness (QED) is 0.214. The Balaban J connectivity index is 0.00000243. The van der Waals surface area contributed by atoms with Crippen molar-refractivity contribution in [1.82, 2.24) is 15.2 Å². The number of oxime groups is 1. The van der Waals surface area contributed by atoms with Crippen molar-refractivity contribution in [3.63, 3.8) is 0 Å². The molecule has 132 valence electrons. The van der Waals surface area contributed by atoms with Gasteiger partial charge >= 0.3 is 29.6 Å². The van der Waals surface area contributed by atoms with Crippen LogP contribution < -0.4 is 45.7 Å². The first-order chi connectivity index (χ1) is 11.9. The standard InChI is InChI=1S/C13H13N5O5S2.Na/c1-23-17-7(5-4-25-13(14)15-5)9(19)16-8-10(20)18-6(12(21)22)2-3-24-11(8)18;/h2,4,8,11H,3H2,1H3,(H2,14,15)(H,16,19)(H,21,22);/q;+1/p-1/b17-7-;/t8?,11-;/m0./s1. The van der Waals surface area contributed by atoms with Crippen molar-refractivity contribution < 1.29 is 53.9 Å². The van der Waals surface area contributed by atoms with Gasteiger partial charge in [0.2, 0.25) is 0 Å². The summed E-state index contributed by atoms with van der Waals surface area (Å²) < 4.78 is 0. The number of hydrogen-bond donors (Lipinski definition) is 2. The van der Waals surface area contributed by atoms with Crippen LogP contribution in [-0.2, 0) is 19.2 Å². The number of anilines is 1. The number of nitrogens with two attached hydrogens (primary N) is 1. The van der Waals surface area contributed by atoms with Crippen LogP contribution >= 0.6 is 23.1 Å². The summed E-state index contributed by atoms with van der Waals surface area (Å²) in [4.78, 5) is 45.5. The number of amides is 2. The average molecular weight is 405 g/mol. The minimum atomic E-state index is -1.43. The summed E-state index contributed by atoms with van der Waals surface area (Å²) in [6.07, 6.45) is 1.41. The summed E-state index contributed by atoms with van der Waals surface area (Å²) in [7, 11) is 1.27. The molecule has 1 aromatic heterocycles. The largest absolute Gasteiger partial charge is 1.00 e. The topological polar surface area (TPSA) is 150 Å². The van der Waals surface area contributed by atoms with E-state index in [9.17, 15) is 19.5 Å². The van der Waals surface area contributed by atoms with Gasteiger partial charge in [0.25, 0.3) is 11.8 Å². The molecule has 0 aliphatic carbocycles. The van der Waals surface area contributed by atoms with E-state index in [1.54, 1.807) is 0 Å². The van der Waals surface area contributed by atoms with E-state index in [1.165, 1.54) is 30.3 Å². The van der Waals surface area contributed by atoms with Crippen molar-refractivity contribution in [2.24, 2.45) is 5.16 Å². The van der Waals surface area contributed by atoms with Crippen molar-refractivity contribution in [3.8, 4) is 0 Å². The number of thiazole rings is 1.